The van der Waals surface area contributed by atoms with Crippen LogP contribution in [0.5, 0.6) is 11.5 Å². The zero-order valence-corrected chi connectivity index (χ0v) is 21.5. The second-order valence-corrected chi connectivity index (χ2v) is 9.61. The third-order valence-corrected chi connectivity index (χ3v) is 7.08. The molecule has 3 aromatic rings. The van der Waals surface area contributed by atoms with Crippen molar-refractivity contribution in [3.05, 3.63) is 87.9 Å². The fraction of sp³-hybridized carbons (Fsp3) is 0.222. The lowest BCUT2D eigenvalue weighted by molar-refractivity contribution is -0.123. The van der Waals surface area contributed by atoms with E-state index in [9.17, 15) is 14.4 Å². The molecule has 9 heteroatoms. The first kappa shape index (κ1) is 24.0. The Kier molecular flexibility index (Phi) is 6.27. The molecule has 2 fully saturated rings. The molecule has 2 heterocycles. The third kappa shape index (κ3) is 3.84. The lowest BCUT2D eigenvalue weighted by Crippen LogP contribution is -2.48. The summed E-state index contributed by atoms with van der Waals surface area (Å²) in [4.78, 5) is 42.4. The van der Waals surface area contributed by atoms with Crippen LogP contribution in [-0.4, -0.2) is 43.0 Å². The van der Waals surface area contributed by atoms with Gasteiger partial charge in [0.15, 0.2) is 11.5 Å². The number of carbonyl (C=O) groups excluding carboxylic acids is 3. The average Bonchev–Trinajstić information content (AvgIpc) is 3.40. The monoisotopic (exact) mass is 549 g/mol. The number of anilines is 1. The Balaban J connectivity index is 1.63. The van der Waals surface area contributed by atoms with Crippen LogP contribution in [0.3, 0.4) is 0 Å². The summed E-state index contributed by atoms with van der Waals surface area (Å²) in [5, 5.41) is 1.28. The van der Waals surface area contributed by atoms with Crippen molar-refractivity contribution in [1.82, 2.24) is 10.4 Å². The van der Waals surface area contributed by atoms with Crippen molar-refractivity contribution in [2.24, 2.45) is 5.92 Å². The number of para-hydroxylation sites is 1. The molecule has 0 aliphatic carbocycles. The molecule has 0 saturated carbocycles. The number of rotatable bonds is 5. The third-order valence-electron chi connectivity index (χ3n) is 6.59. The van der Waals surface area contributed by atoms with Gasteiger partial charge >= 0.3 is 0 Å². The maximum atomic E-state index is 13.8. The predicted octanol–water partition coefficient (Wildman–Crippen LogP) is 4.03. The Labute approximate surface area is 216 Å². The van der Waals surface area contributed by atoms with Crippen molar-refractivity contribution in [3.63, 3.8) is 0 Å². The number of imide groups is 1. The van der Waals surface area contributed by atoms with Crippen molar-refractivity contribution >= 4 is 39.3 Å². The van der Waals surface area contributed by atoms with Crippen LogP contribution in [0, 0.1) is 12.8 Å². The molecule has 0 spiro atoms. The molecule has 3 aromatic carbocycles. The van der Waals surface area contributed by atoms with E-state index in [0.29, 0.717) is 28.3 Å². The minimum atomic E-state index is -1.04. The first-order valence-corrected chi connectivity index (χ1v) is 12.2. The van der Waals surface area contributed by atoms with E-state index in [1.807, 2.05) is 25.1 Å². The minimum absolute atomic E-state index is 0.378. The molecule has 3 amide bonds. The van der Waals surface area contributed by atoms with E-state index in [-0.39, 0.29) is 5.91 Å². The molecule has 0 radical (unpaired) electrons. The summed E-state index contributed by atoms with van der Waals surface area (Å²) in [6.45, 7) is 1.93. The van der Waals surface area contributed by atoms with Gasteiger partial charge in [-0.1, -0.05) is 51.8 Å². The van der Waals surface area contributed by atoms with Crippen LogP contribution < -0.4 is 19.8 Å². The highest BCUT2D eigenvalue weighted by atomic mass is 79.9. The number of aryl methyl sites for hydroxylation is 1. The van der Waals surface area contributed by atoms with E-state index in [2.05, 4.69) is 21.4 Å². The van der Waals surface area contributed by atoms with E-state index in [4.69, 9.17) is 9.47 Å². The highest BCUT2D eigenvalue weighted by molar-refractivity contribution is 9.10. The van der Waals surface area contributed by atoms with Crippen LogP contribution in [0.4, 0.5) is 5.69 Å². The molecule has 0 bridgehead atoms. The van der Waals surface area contributed by atoms with E-state index >= 15 is 0 Å². The molecular formula is C27H24BrN3O5. The lowest BCUT2D eigenvalue weighted by Gasteiger charge is -2.26. The van der Waals surface area contributed by atoms with Crippen molar-refractivity contribution in [3.8, 4) is 11.5 Å². The second kappa shape index (κ2) is 9.40. The summed E-state index contributed by atoms with van der Waals surface area (Å²) in [7, 11) is 3.04. The smallest absolute Gasteiger partial charge is 0.268 e. The van der Waals surface area contributed by atoms with Crippen LogP contribution in [0.1, 0.15) is 27.5 Å². The molecule has 184 valence electrons. The number of methoxy groups -OCH3 is 2. The maximum absolute atomic E-state index is 13.8. The second-order valence-electron chi connectivity index (χ2n) is 8.69. The average molecular weight is 550 g/mol. The summed E-state index contributed by atoms with van der Waals surface area (Å²) in [6, 6.07) is 17.7. The number of nitrogens with one attached hydrogen (secondary N) is 1. The Bertz CT molecular complexity index is 1360. The molecule has 0 aromatic heterocycles. The lowest BCUT2D eigenvalue weighted by atomic mass is 9.90. The molecule has 2 aliphatic rings. The van der Waals surface area contributed by atoms with E-state index in [0.717, 1.165) is 10.0 Å². The number of hydrogen-bond donors (Lipinski definition) is 1. The molecule has 3 atom stereocenters. The Morgan fingerprint density at radius 2 is 1.67 bits per heavy atom. The topological polar surface area (TPSA) is 88.2 Å². The van der Waals surface area contributed by atoms with Gasteiger partial charge in [0.05, 0.1) is 31.9 Å². The SMILES string of the molecule is COc1cccc([C@@H]2NN(C(=O)c3cccc(Br)c3)[C@H]3C(=O)N(c4ccc(C)cc4)C(=O)[C@@H]23)c1OC. The van der Waals surface area contributed by atoms with Crippen molar-refractivity contribution in [2.45, 2.75) is 19.0 Å². The van der Waals surface area contributed by atoms with Crippen molar-refractivity contribution < 1.29 is 23.9 Å². The highest BCUT2D eigenvalue weighted by Gasteiger charge is 2.61. The van der Waals surface area contributed by atoms with Gasteiger partial charge in [0, 0.05) is 15.6 Å². The number of fused-ring (bicyclic) bond motifs is 1. The Morgan fingerprint density at radius 1 is 0.944 bits per heavy atom. The number of benzene rings is 3. The van der Waals surface area contributed by atoms with Crippen LogP contribution in [0.2, 0.25) is 0 Å². The zero-order valence-electron chi connectivity index (χ0n) is 19.9. The fourth-order valence-corrected chi connectivity index (χ4v) is 5.30. The number of nitrogens with zero attached hydrogens (tertiary/aromatic N) is 2. The predicted molar refractivity (Wildman–Crippen MR) is 137 cm³/mol. The number of hydrogen-bond acceptors (Lipinski definition) is 6. The normalized spacial score (nSPS) is 21.1. The number of hydrazine groups is 1. The summed E-state index contributed by atoms with van der Waals surface area (Å²) in [6.07, 6.45) is 0. The van der Waals surface area contributed by atoms with Gasteiger partial charge in [-0.05, 0) is 43.3 Å². The first-order chi connectivity index (χ1) is 17.3. The molecule has 0 unspecified atom stereocenters. The molecule has 1 N–H and O–H groups in total. The van der Waals surface area contributed by atoms with Gasteiger partial charge in [0.1, 0.15) is 6.04 Å². The molecule has 36 heavy (non-hydrogen) atoms. The van der Waals surface area contributed by atoms with E-state index < -0.39 is 29.8 Å². The molecule has 8 nitrogen and oxygen atoms in total. The van der Waals surface area contributed by atoms with Crippen molar-refractivity contribution in [1.29, 1.82) is 0 Å². The number of halogens is 1. The molecular weight excluding hydrogens is 526 g/mol. The molecule has 5 rings (SSSR count). The Morgan fingerprint density at radius 3 is 2.33 bits per heavy atom. The molecule has 2 aliphatic heterocycles. The Hall–Kier alpha value is -3.69. The van der Waals surface area contributed by atoms with Gasteiger partial charge in [0.25, 0.3) is 11.8 Å². The standard InChI is InChI=1S/C27H24BrN3O5/c1-15-10-12-18(13-11-15)30-26(33)21-22(19-8-5-9-20(35-2)24(19)36-3)29-31(23(21)27(30)34)25(32)16-6-4-7-17(28)14-16/h4-14,21-23,29H,1-3H3/t21-,22-,23+/m0/s1. The maximum Gasteiger partial charge on any atom is 0.268 e. The first-order valence-electron chi connectivity index (χ1n) is 11.4. The summed E-state index contributed by atoms with van der Waals surface area (Å²) in [5.74, 6) is -1.22. The van der Waals surface area contributed by atoms with Crippen LogP contribution in [0.25, 0.3) is 0 Å². The highest BCUT2D eigenvalue weighted by Crippen LogP contribution is 2.46. The van der Waals surface area contributed by atoms with Gasteiger partial charge in [0.2, 0.25) is 5.91 Å². The van der Waals surface area contributed by atoms with E-state index in [1.165, 1.54) is 24.1 Å². The molecule has 2 saturated heterocycles. The zero-order chi connectivity index (χ0) is 25.6. The number of carbonyl (C=O) groups is 3. The number of amides is 3. The van der Waals surface area contributed by atoms with Gasteiger partial charge in [-0.15, -0.1) is 0 Å². The summed E-state index contributed by atoms with van der Waals surface area (Å²) in [5.41, 5.74) is 5.62. The summed E-state index contributed by atoms with van der Waals surface area (Å²) < 4.78 is 11.8. The largest absolute Gasteiger partial charge is 0.493 e. The fourth-order valence-electron chi connectivity index (χ4n) is 4.90. The number of ether oxygens (including phenoxy) is 2. The van der Waals surface area contributed by atoms with Gasteiger partial charge in [-0.3, -0.25) is 19.4 Å². The van der Waals surface area contributed by atoms with Gasteiger partial charge in [-0.25, -0.2) is 10.3 Å². The van der Waals surface area contributed by atoms with Crippen LogP contribution >= 0.6 is 15.9 Å². The van der Waals surface area contributed by atoms with Crippen LogP contribution in [0.15, 0.2) is 71.2 Å². The minimum Gasteiger partial charge on any atom is -0.493 e. The van der Waals surface area contributed by atoms with Crippen LogP contribution in [-0.2, 0) is 9.59 Å². The summed E-state index contributed by atoms with van der Waals surface area (Å²) >= 11 is 3.40. The van der Waals surface area contributed by atoms with Gasteiger partial charge < -0.3 is 9.47 Å². The van der Waals surface area contributed by atoms with Gasteiger partial charge in [-0.2, -0.15) is 0 Å². The quantitative estimate of drug-likeness (QED) is 0.483. The van der Waals surface area contributed by atoms with E-state index in [1.54, 1.807) is 48.5 Å². The van der Waals surface area contributed by atoms with Crippen molar-refractivity contribution in [2.75, 3.05) is 19.1 Å².